The summed E-state index contributed by atoms with van der Waals surface area (Å²) < 4.78 is 4.73. The Morgan fingerprint density at radius 2 is 2.58 bits per heavy atom. The lowest BCUT2D eigenvalue weighted by atomic mass is 10.4. The summed E-state index contributed by atoms with van der Waals surface area (Å²) in [6, 6.07) is 0. The van der Waals surface area contributed by atoms with Gasteiger partial charge in [-0.2, -0.15) is 4.99 Å². The predicted molar refractivity (Wildman–Crippen MR) is 46.0 cm³/mol. The summed E-state index contributed by atoms with van der Waals surface area (Å²) in [6.07, 6.45) is 2.71. The second-order valence-electron chi connectivity index (χ2n) is 2.00. The van der Waals surface area contributed by atoms with E-state index >= 15 is 0 Å². The number of hydrogen-bond donors (Lipinski definition) is 1. The maximum absolute atomic E-state index is 10.9. The lowest BCUT2D eigenvalue weighted by Crippen LogP contribution is -2.22. The van der Waals surface area contributed by atoms with Crippen molar-refractivity contribution >= 4 is 24.9 Å². The van der Waals surface area contributed by atoms with Crippen molar-refractivity contribution in [1.29, 1.82) is 0 Å². The fraction of sp³-hybridized carbons (Fsp3) is 0.333. The SMILES string of the molecule is C=CCC(=O)OC1(S)N=CN=N1. The molecule has 6 heteroatoms. The first-order valence-corrected chi connectivity index (χ1v) is 3.62. The fourth-order valence-electron chi connectivity index (χ4n) is 0.587. The van der Waals surface area contributed by atoms with E-state index in [9.17, 15) is 4.79 Å². The number of carbonyl (C=O) groups is 1. The molecule has 5 nitrogen and oxygen atoms in total. The van der Waals surface area contributed by atoms with Crippen molar-refractivity contribution in [2.24, 2.45) is 15.2 Å². The summed E-state index contributed by atoms with van der Waals surface area (Å²) >= 11 is 3.88. The van der Waals surface area contributed by atoms with Gasteiger partial charge in [0.05, 0.1) is 6.42 Å². The number of nitrogens with zero attached hydrogens (tertiary/aromatic N) is 3. The third kappa shape index (κ3) is 2.16. The maximum atomic E-state index is 10.9. The molecular formula is C6H7N3O2S. The Hall–Kier alpha value is -1.17. The van der Waals surface area contributed by atoms with Crippen molar-refractivity contribution in [3.8, 4) is 0 Å². The summed E-state index contributed by atoms with van der Waals surface area (Å²) in [4.78, 5) is 14.5. The molecular weight excluding hydrogens is 178 g/mol. The van der Waals surface area contributed by atoms with Crippen molar-refractivity contribution in [3.63, 3.8) is 0 Å². The summed E-state index contributed by atoms with van der Waals surface area (Å²) in [5, 5.41) is 5.42. The molecule has 12 heavy (non-hydrogen) atoms. The Morgan fingerprint density at radius 1 is 1.83 bits per heavy atom. The molecule has 1 atom stereocenters. The van der Waals surface area contributed by atoms with E-state index in [4.69, 9.17) is 4.74 Å². The third-order valence-electron chi connectivity index (χ3n) is 1.03. The first-order chi connectivity index (χ1) is 5.66. The smallest absolute Gasteiger partial charge is 0.369 e. The molecule has 0 aromatic carbocycles. The Kier molecular flexibility index (Phi) is 2.59. The second kappa shape index (κ2) is 3.48. The van der Waals surface area contributed by atoms with Crippen LogP contribution in [-0.2, 0) is 9.53 Å². The molecule has 0 spiro atoms. The van der Waals surface area contributed by atoms with Crippen LogP contribution < -0.4 is 0 Å². The van der Waals surface area contributed by atoms with Crippen LogP contribution in [0.3, 0.4) is 0 Å². The van der Waals surface area contributed by atoms with E-state index in [-0.39, 0.29) is 6.42 Å². The Balaban J connectivity index is 2.50. The molecule has 0 fully saturated rings. The Bertz CT molecular complexity index is 250. The minimum Gasteiger partial charge on any atom is -0.406 e. The number of thiol groups is 1. The molecule has 0 N–H and O–H groups in total. The highest BCUT2D eigenvalue weighted by Crippen LogP contribution is 2.24. The van der Waals surface area contributed by atoms with E-state index in [2.05, 4.69) is 34.4 Å². The zero-order valence-electron chi connectivity index (χ0n) is 6.17. The molecule has 0 amide bonds. The van der Waals surface area contributed by atoms with Crippen LogP contribution in [0.1, 0.15) is 6.42 Å². The fourth-order valence-corrected chi connectivity index (χ4v) is 0.792. The molecule has 0 aliphatic carbocycles. The van der Waals surface area contributed by atoms with Gasteiger partial charge >= 0.3 is 11.2 Å². The van der Waals surface area contributed by atoms with E-state index in [1.165, 1.54) is 12.4 Å². The molecule has 64 valence electrons. The Labute approximate surface area is 74.6 Å². The van der Waals surface area contributed by atoms with Crippen LogP contribution >= 0.6 is 12.6 Å². The molecule has 1 aliphatic rings. The van der Waals surface area contributed by atoms with Crippen LogP contribution in [0.25, 0.3) is 0 Å². The zero-order chi connectivity index (χ0) is 9.03. The quantitative estimate of drug-likeness (QED) is 0.310. The van der Waals surface area contributed by atoms with E-state index in [1.54, 1.807) is 0 Å². The van der Waals surface area contributed by atoms with Crippen LogP contribution in [0.15, 0.2) is 27.9 Å². The molecule has 1 unspecified atom stereocenters. The molecule has 1 rings (SSSR count). The molecule has 1 aliphatic heterocycles. The second-order valence-corrected chi connectivity index (χ2v) is 2.58. The van der Waals surface area contributed by atoms with Gasteiger partial charge in [-0.1, -0.05) is 18.7 Å². The largest absolute Gasteiger partial charge is 0.406 e. The first kappa shape index (κ1) is 8.92. The molecule has 1 heterocycles. The molecule has 0 saturated carbocycles. The number of azo groups is 1. The van der Waals surface area contributed by atoms with Crippen molar-refractivity contribution in [2.45, 2.75) is 11.6 Å². The predicted octanol–water partition coefficient (Wildman–Crippen LogP) is 1.14. The van der Waals surface area contributed by atoms with Gasteiger partial charge in [-0.25, -0.2) is 0 Å². The Morgan fingerprint density at radius 3 is 3.08 bits per heavy atom. The van der Waals surface area contributed by atoms with Gasteiger partial charge in [0.15, 0.2) is 0 Å². The summed E-state index contributed by atoms with van der Waals surface area (Å²) in [6.45, 7) is 3.38. The molecule has 0 aromatic heterocycles. The van der Waals surface area contributed by atoms with Crippen LogP contribution in [-0.4, -0.2) is 17.5 Å². The van der Waals surface area contributed by atoms with Gasteiger partial charge in [-0.05, 0) is 0 Å². The van der Waals surface area contributed by atoms with Gasteiger partial charge < -0.3 is 4.74 Å². The highest BCUT2D eigenvalue weighted by molar-refractivity contribution is 7.81. The maximum Gasteiger partial charge on any atom is 0.369 e. The van der Waals surface area contributed by atoms with Crippen LogP contribution in [0, 0.1) is 0 Å². The van der Waals surface area contributed by atoms with E-state index in [0.29, 0.717) is 0 Å². The minimum absolute atomic E-state index is 0.105. The monoisotopic (exact) mass is 185 g/mol. The highest BCUT2D eigenvalue weighted by Gasteiger charge is 2.30. The molecule has 0 aromatic rings. The van der Waals surface area contributed by atoms with Crippen LogP contribution in [0.4, 0.5) is 0 Å². The molecule has 0 saturated heterocycles. The standard InChI is InChI=1S/C6H7N3O2S/c1-2-3-5(10)11-6(12)7-4-8-9-6/h2,4,12H,1,3H2. The van der Waals surface area contributed by atoms with Crippen molar-refractivity contribution in [3.05, 3.63) is 12.7 Å². The van der Waals surface area contributed by atoms with Crippen LogP contribution in [0.5, 0.6) is 0 Å². The summed E-state index contributed by atoms with van der Waals surface area (Å²) in [7, 11) is 0. The third-order valence-corrected chi connectivity index (χ3v) is 1.32. The van der Waals surface area contributed by atoms with Gasteiger partial charge in [0.2, 0.25) is 0 Å². The van der Waals surface area contributed by atoms with E-state index in [0.717, 1.165) is 0 Å². The van der Waals surface area contributed by atoms with Crippen molar-refractivity contribution in [1.82, 2.24) is 0 Å². The van der Waals surface area contributed by atoms with Gasteiger partial charge in [-0.15, -0.1) is 16.8 Å². The van der Waals surface area contributed by atoms with E-state index < -0.39 is 11.2 Å². The van der Waals surface area contributed by atoms with Gasteiger partial charge in [0.1, 0.15) is 6.34 Å². The van der Waals surface area contributed by atoms with Gasteiger partial charge in [0.25, 0.3) is 0 Å². The number of esters is 1. The number of aliphatic imine (C=N–C) groups is 1. The number of rotatable bonds is 3. The van der Waals surface area contributed by atoms with E-state index in [1.807, 2.05) is 0 Å². The normalized spacial score (nSPS) is 25.8. The van der Waals surface area contributed by atoms with Crippen molar-refractivity contribution < 1.29 is 9.53 Å². The van der Waals surface area contributed by atoms with Crippen molar-refractivity contribution in [2.75, 3.05) is 0 Å². The number of hydrogen-bond acceptors (Lipinski definition) is 6. The average molecular weight is 185 g/mol. The summed E-state index contributed by atoms with van der Waals surface area (Å²) in [5.41, 5.74) is 0. The minimum atomic E-state index is -1.46. The number of carbonyl (C=O) groups excluding carboxylic acids is 1. The lowest BCUT2D eigenvalue weighted by Gasteiger charge is -2.13. The van der Waals surface area contributed by atoms with Crippen LogP contribution in [0.2, 0.25) is 0 Å². The summed E-state index contributed by atoms with van der Waals surface area (Å²) in [5.74, 6) is -0.488. The van der Waals surface area contributed by atoms with Gasteiger partial charge in [-0.3, -0.25) is 4.79 Å². The average Bonchev–Trinajstić information content (AvgIpc) is 2.36. The first-order valence-electron chi connectivity index (χ1n) is 3.17. The lowest BCUT2D eigenvalue weighted by molar-refractivity contribution is -0.149. The zero-order valence-corrected chi connectivity index (χ0v) is 7.07. The highest BCUT2D eigenvalue weighted by atomic mass is 32.1. The number of ether oxygens (including phenoxy) is 1. The van der Waals surface area contributed by atoms with Gasteiger partial charge in [0, 0.05) is 0 Å². The molecule has 0 radical (unpaired) electrons. The topological polar surface area (TPSA) is 63.4 Å². The molecule has 0 bridgehead atoms.